The van der Waals surface area contributed by atoms with E-state index in [1.54, 1.807) is 12.4 Å². The van der Waals surface area contributed by atoms with Crippen LogP contribution in [0, 0.1) is 0 Å². The minimum atomic E-state index is 0.607. The van der Waals surface area contributed by atoms with Gasteiger partial charge in [-0.3, -0.25) is 4.98 Å². The highest BCUT2D eigenvalue weighted by Gasteiger charge is 2.20. The number of halogens is 1. The van der Waals surface area contributed by atoms with Gasteiger partial charge < -0.3 is 5.32 Å². The van der Waals surface area contributed by atoms with Gasteiger partial charge in [0, 0.05) is 39.6 Å². The molecule has 0 bridgehead atoms. The molecule has 1 aromatic carbocycles. The van der Waals surface area contributed by atoms with E-state index in [4.69, 9.17) is 21.6 Å². The Hall–Kier alpha value is -2.57. The van der Waals surface area contributed by atoms with Gasteiger partial charge in [-0.15, -0.1) is 0 Å². The number of pyridine rings is 1. The Bertz CT molecular complexity index is 1130. The third kappa shape index (κ3) is 3.15. The zero-order valence-corrected chi connectivity index (χ0v) is 16.0. The van der Waals surface area contributed by atoms with Crippen LogP contribution < -0.4 is 5.32 Å². The van der Waals surface area contributed by atoms with Crippen LogP contribution in [0.3, 0.4) is 0 Å². The minimum Gasteiger partial charge on any atom is -0.364 e. The van der Waals surface area contributed by atoms with Crippen molar-refractivity contribution in [3.8, 4) is 11.4 Å². The first-order valence-corrected chi connectivity index (χ1v) is 10.0. The molecule has 3 aromatic heterocycles. The van der Waals surface area contributed by atoms with E-state index in [0.29, 0.717) is 6.54 Å². The van der Waals surface area contributed by atoms with Crippen LogP contribution in [0.25, 0.3) is 21.5 Å². The van der Waals surface area contributed by atoms with E-state index in [1.807, 2.05) is 30.3 Å². The lowest BCUT2D eigenvalue weighted by Gasteiger charge is -2.12. The fourth-order valence-electron chi connectivity index (χ4n) is 3.46. The molecule has 5 rings (SSSR count). The summed E-state index contributed by atoms with van der Waals surface area (Å²) < 4.78 is 5.73. The van der Waals surface area contributed by atoms with E-state index in [-0.39, 0.29) is 0 Å². The van der Waals surface area contributed by atoms with Gasteiger partial charge in [0.15, 0.2) is 5.82 Å². The molecule has 27 heavy (non-hydrogen) atoms. The SMILES string of the molecule is Clc1ccc2snc(CNc3nc(-c4cccnc4)nc4c3CCC4)c2c1. The summed E-state index contributed by atoms with van der Waals surface area (Å²) in [5.41, 5.74) is 4.28. The van der Waals surface area contributed by atoms with Crippen molar-refractivity contribution < 1.29 is 0 Å². The molecule has 0 fully saturated rings. The summed E-state index contributed by atoms with van der Waals surface area (Å²) >= 11 is 7.65. The molecule has 0 saturated heterocycles. The molecule has 0 spiro atoms. The van der Waals surface area contributed by atoms with Gasteiger partial charge in [0.05, 0.1) is 16.9 Å². The van der Waals surface area contributed by atoms with Crippen molar-refractivity contribution in [3.63, 3.8) is 0 Å². The average molecular weight is 394 g/mol. The van der Waals surface area contributed by atoms with Crippen molar-refractivity contribution in [2.24, 2.45) is 0 Å². The highest BCUT2D eigenvalue weighted by atomic mass is 35.5. The Balaban J connectivity index is 1.49. The van der Waals surface area contributed by atoms with E-state index < -0.39 is 0 Å². The van der Waals surface area contributed by atoms with Crippen LogP contribution in [0.15, 0.2) is 42.7 Å². The van der Waals surface area contributed by atoms with Crippen LogP contribution in [0.5, 0.6) is 0 Å². The van der Waals surface area contributed by atoms with Gasteiger partial charge in [0.25, 0.3) is 0 Å². The van der Waals surface area contributed by atoms with Crippen LogP contribution in [0.2, 0.25) is 5.02 Å². The largest absolute Gasteiger partial charge is 0.364 e. The summed E-state index contributed by atoms with van der Waals surface area (Å²) in [5.74, 6) is 1.62. The second-order valence-corrected chi connectivity index (χ2v) is 7.78. The maximum Gasteiger partial charge on any atom is 0.163 e. The van der Waals surface area contributed by atoms with Gasteiger partial charge in [-0.2, -0.15) is 4.37 Å². The quantitative estimate of drug-likeness (QED) is 0.534. The predicted octanol–water partition coefficient (Wildman–Crippen LogP) is 4.90. The summed E-state index contributed by atoms with van der Waals surface area (Å²) in [6.45, 7) is 0.607. The van der Waals surface area contributed by atoms with Gasteiger partial charge in [0.1, 0.15) is 5.82 Å². The molecule has 0 saturated carbocycles. The molecule has 3 heterocycles. The monoisotopic (exact) mass is 393 g/mol. The van der Waals surface area contributed by atoms with Crippen molar-refractivity contribution in [1.29, 1.82) is 0 Å². The van der Waals surface area contributed by atoms with Crippen LogP contribution in [0.1, 0.15) is 23.4 Å². The molecule has 0 radical (unpaired) electrons. The third-order valence-corrected chi connectivity index (χ3v) is 5.88. The smallest absolute Gasteiger partial charge is 0.163 e. The van der Waals surface area contributed by atoms with E-state index in [2.05, 4.69) is 14.7 Å². The predicted molar refractivity (Wildman–Crippen MR) is 109 cm³/mol. The average Bonchev–Trinajstić information content (AvgIpc) is 3.33. The number of benzene rings is 1. The molecule has 134 valence electrons. The van der Waals surface area contributed by atoms with Crippen molar-refractivity contribution in [2.45, 2.75) is 25.8 Å². The molecule has 4 aromatic rings. The number of nitrogens with zero attached hydrogens (tertiary/aromatic N) is 4. The Kier molecular flexibility index (Phi) is 4.22. The van der Waals surface area contributed by atoms with Gasteiger partial charge in [-0.05, 0) is 61.1 Å². The molecule has 1 aliphatic rings. The number of aromatic nitrogens is 4. The lowest BCUT2D eigenvalue weighted by Crippen LogP contribution is -2.08. The minimum absolute atomic E-state index is 0.607. The van der Waals surface area contributed by atoms with E-state index >= 15 is 0 Å². The van der Waals surface area contributed by atoms with E-state index in [9.17, 15) is 0 Å². The number of aryl methyl sites for hydroxylation is 1. The Labute approximate surface area is 165 Å². The standard InChI is InChI=1S/C20H16ClN5S/c21-13-6-7-18-15(9-13)17(26-27-18)11-23-20-14-4-1-5-16(14)24-19(25-20)12-3-2-8-22-10-12/h2-3,6-10H,1,4-5,11H2,(H,23,24,25). The molecule has 0 amide bonds. The van der Waals surface area contributed by atoms with Gasteiger partial charge in [0.2, 0.25) is 0 Å². The highest BCUT2D eigenvalue weighted by Crippen LogP contribution is 2.30. The molecule has 5 nitrogen and oxygen atoms in total. The summed E-state index contributed by atoms with van der Waals surface area (Å²) in [4.78, 5) is 13.8. The lowest BCUT2D eigenvalue weighted by atomic mass is 10.2. The summed E-state index contributed by atoms with van der Waals surface area (Å²) in [6.07, 6.45) is 6.68. The highest BCUT2D eigenvalue weighted by molar-refractivity contribution is 7.13. The summed E-state index contributed by atoms with van der Waals surface area (Å²) in [7, 11) is 0. The van der Waals surface area contributed by atoms with Crippen LogP contribution in [-0.2, 0) is 19.4 Å². The molecule has 0 atom stereocenters. The number of fused-ring (bicyclic) bond motifs is 2. The Morgan fingerprint density at radius 1 is 1.15 bits per heavy atom. The van der Waals surface area contributed by atoms with Crippen molar-refractivity contribution in [2.75, 3.05) is 5.32 Å². The number of hydrogen-bond donors (Lipinski definition) is 1. The van der Waals surface area contributed by atoms with Gasteiger partial charge in [-0.25, -0.2) is 9.97 Å². The first kappa shape index (κ1) is 16.6. The normalized spacial score (nSPS) is 13.1. The number of rotatable bonds is 4. The van der Waals surface area contributed by atoms with Gasteiger partial charge in [-0.1, -0.05) is 11.6 Å². The van der Waals surface area contributed by atoms with Crippen molar-refractivity contribution >= 4 is 39.0 Å². The first-order valence-electron chi connectivity index (χ1n) is 8.86. The molecule has 1 aliphatic carbocycles. The second-order valence-electron chi connectivity index (χ2n) is 6.54. The molecule has 0 aliphatic heterocycles. The van der Waals surface area contributed by atoms with Gasteiger partial charge >= 0.3 is 0 Å². The number of nitrogens with one attached hydrogen (secondary N) is 1. The molecular weight excluding hydrogens is 378 g/mol. The Morgan fingerprint density at radius 3 is 3.00 bits per heavy atom. The van der Waals surface area contributed by atoms with Crippen molar-refractivity contribution in [1.82, 2.24) is 19.3 Å². The maximum absolute atomic E-state index is 6.16. The van der Waals surface area contributed by atoms with Crippen LogP contribution in [0.4, 0.5) is 5.82 Å². The molecule has 0 unspecified atom stereocenters. The van der Waals surface area contributed by atoms with E-state index in [1.165, 1.54) is 17.1 Å². The second kappa shape index (κ2) is 6.87. The summed E-state index contributed by atoms with van der Waals surface area (Å²) in [5, 5.41) is 5.32. The Morgan fingerprint density at radius 2 is 2.11 bits per heavy atom. The molecule has 1 N–H and O–H groups in total. The lowest BCUT2D eigenvalue weighted by molar-refractivity contribution is 0.899. The molecule has 7 heteroatoms. The van der Waals surface area contributed by atoms with E-state index in [0.717, 1.165) is 63.0 Å². The number of hydrogen-bond acceptors (Lipinski definition) is 6. The maximum atomic E-state index is 6.16. The summed E-state index contributed by atoms with van der Waals surface area (Å²) in [6, 6.07) is 9.79. The number of anilines is 1. The fraction of sp³-hybridized carbons (Fsp3) is 0.200. The van der Waals surface area contributed by atoms with Crippen LogP contribution in [-0.4, -0.2) is 19.3 Å². The third-order valence-electron chi connectivity index (χ3n) is 4.78. The molecular formula is C20H16ClN5S. The van der Waals surface area contributed by atoms with Crippen molar-refractivity contribution in [3.05, 3.63) is 64.7 Å². The zero-order chi connectivity index (χ0) is 18.2. The van der Waals surface area contributed by atoms with Crippen LogP contribution >= 0.6 is 23.1 Å². The first-order chi connectivity index (χ1) is 13.3. The topological polar surface area (TPSA) is 63.6 Å². The zero-order valence-electron chi connectivity index (χ0n) is 14.4. The fourth-order valence-corrected chi connectivity index (χ4v) is 4.41.